The predicted molar refractivity (Wildman–Crippen MR) is 387 cm³/mol. The van der Waals surface area contributed by atoms with E-state index in [4.69, 9.17) is 24.9 Å². The SMILES string of the molecule is c1ccc(-c2ccc3c(c2)c2ccccc2n3-c2ccc(-c3cc(-c4ccccc4)nc(-c4ccccc4)n3)cc2-c2nc(-c3ccccc3)nc(-c3ccc(-c4ccc5c6c4N(c4ccccc4)c4ccccc4B6c4ccccc4N5c4ccccc4)cc3)n2)cc1. The molecule has 5 heterocycles. The summed E-state index contributed by atoms with van der Waals surface area (Å²) in [5.74, 6) is 2.25. The van der Waals surface area contributed by atoms with Gasteiger partial charge >= 0.3 is 0 Å². The van der Waals surface area contributed by atoms with Crippen molar-refractivity contribution in [3.63, 3.8) is 0 Å². The van der Waals surface area contributed by atoms with Gasteiger partial charge in [-0.2, -0.15) is 0 Å². The molecule has 0 atom stereocenters. The molecule has 0 bridgehead atoms. The second-order valence-corrected chi connectivity index (χ2v) is 23.9. The standard InChI is InChI=1S/C85H55BN8/c1-7-25-56(26-8-1)62-47-50-75-68(53-62)67-37-19-22-40-74(67)94(75)76-51-48-63(73-55-72(58-27-9-2-10-28-58)87-82(88-73)59-29-11-3-12-30-59)54-69(76)85-90-83(60-31-13-4-14-32-60)89-84(91-85)61-45-43-57(44-46-61)66-49-52-79-80-81(66)93(65-35-17-6-18-36-65)78-42-24-21-39-71(78)86(80)70-38-20-23-41-77(70)92(79)64-33-15-5-16-34-64/h1-55H. The van der Waals surface area contributed by atoms with Gasteiger partial charge in [-0.25, -0.2) is 24.9 Å². The van der Waals surface area contributed by atoms with E-state index >= 15 is 0 Å². The molecule has 0 radical (unpaired) electrons. The molecule has 9 heteroatoms. The molecule has 0 aliphatic carbocycles. The van der Waals surface area contributed by atoms with Crippen molar-refractivity contribution in [1.82, 2.24) is 29.5 Å². The van der Waals surface area contributed by atoms with Gasteiger partial charge in [-0.3, -0.25) is 0 Å². The van der Waals surface area contributed by atoms with Gasteiger partial charge in [0.2, 0.25) is 0 Å². The van der Waals surface area contributed by atoms with Crippen LogP contribution in [-0.4, -0.2) is 36.2 Å². The first kappa shape index (κ1) is 54.4. The first-order chi connectivity index (χ1) is 46.6. The van der Waals surface area contributed by atoms with Gasteiger partial charge in [0.15, 0.2) is 23.3 Å². The van der Waals surface area contributed by atoms with Crippen LogP contribution >= 0.6 is 0 Å². The van der Waals surface area contributed by atoms with Crippen molar-refractivity contribution in [2.24, 2.45) is 0 Å². The summed E-state index contributed by atoms with van der Waals surface area (Å²) in [6.07, 6.45) is 0. The van der Waals surface area contributed by atoms with E-state index in [0.29, 0.717) is 23.3 Å². The Kier molecular flexibility index (Phi) is 13.1. The van der Waals surface area contributed by atoms with Gasteiger partial charge in [-0.1, -0.05) is 255 Å². The van der Waals surface area contributed by atoms with E-state index in [1.807, 2.05) is 54.6 Å². The van der Waals surface area contributed by atoms with Crippen molar-refractivity contribution < 1.29 is 0 Å². The second kappa shape index (κ2) is 22.7. The first-order valence-electron chi connectivity index (χ1n) is 31.8. The van der Waals surface area contributed by atoms with Crippen LogP contribution in [0.25, 0.3) is 118 Å². The lowest BCUT2D eigenvalue weighted by atomic mass is 9.33. The smallest absolute Gasteiger partial charge is 0.252 e. The molecule has 2 aliphatic heterocycles. The van der Waals surface area contributed by atoms with E-state index in [1.54, 1.807) is 0 Å². The van der Waals surface area contributed by atoms with Gasteiger partial charge in [-0.15, -0.1) is 0 Å². The summed E-state index contributed by atoms with van der Waals surface area (Å²) < 4.78 is 2.37. The van der Waals surface area contributed by atoms with E-state index in [1.165, 1.54) is 22.1 Å². The molecule has 94 heavy (non-hydrogen) atoms. The van der Waals surface area contributed by atoms with Crippen LogP contribution in [0.2, 0.25) is 0 Å². The largest absolute Gasteiger partial charge is 0.311 e. The van der Waals surface area contributed by atoms with Crippen LogP contribution in [-0.2, 0) is 0 Å². The van der Waals surface area contributed by atoms with E-state index in [2.05, 4.69) is 293 Å². The van der Waals surface area contributed by atoms with Crippen LogP contribution in [0.5, 0.6) is 0 Å². The van der Waals surface area contributed by atoms with Crippen molar-refractivity contribution >= 4 is 79.0 Å². The molecule has 0 amide bonds. The Balaban J connectivity index is 0.843. The Morgan fingerprint density at radius 3 is 1.33 bits per heavy atom. The predicted octanol–water partition coefficient (Wildman–Crippen LogP) is 19.2. The van der Waals surface area contributed by atoms with Gasteiger partial charge in [0.1, 0.15) is 0 Å². The maximum absolute atomic E-state index is 5.61. The Bertz CT molecular complexity index is 5490. The van der Waals surface area contributed by atoms with Crippen LogP contribution < -0.4 is 26.2 Å². The molecular formula is C85H55BN8. The minimum Gasteiger partial charge on any atom is -0.311 e. The zero-order valence-electron chi connectivity index (χ0n) is 50.9. The number of rotatable bonds is 11. The van der Waals surface area contributed by atoms with Crippen LogP contribution in [0.4, 0.5) is 34.1 Å². The summed E-state index contributed by atoms with van der Waals surface area (Å²) in [5.41, 5.74) is 25.1. The molecule has 18 rings (SSSR count). The third-order valence-corrected chi connectivity index (χ3v) is 18.5. The zero-order valence-corrected chi connectivity index (χ0v) is 50.9. The normalized spacial score (nSPS) is 12.2. The fourth-order valence-corrected chi connectivity index (χ4v) is 14.2. The van der Waals surface area contributed by atoms with Crippen molar-refractivity contribution in [2.45, 2.75) is 0 Å². The number of fused-ring (bicyclic) bond motifs is 7. The average molecular weight is 1200 g/mol. The van der Waals surface area contributed by atoms with E-state index < -0.39 is 0 Å². The molecule has 8 nitrogen and oxygen atoms in total. The van der Waals surface area contributed by atoms with Crippen LogP contribution in [0.15, 0.2) is 334 Å². The number of benzene rings is 13. The third kappa shape index (κ3) is 9.28. The molecule has 13 aromatic carbocycles. The number of nitrogens with zero attached hydrogens (tertiary/aromatic N) is 8. The summed E-state index contributed by atoms with van der Waals surface area (Å²) in [7, 11) is 0. The number of para-hydroxylation sites is 5. The Morgan fingerprint density at radius 2 is 0.691 bits per heavy atom. The lowest BCUT2D eigenvalue weighted by Crippen LogP contribution is -2.61. The zero-order chi connectivity index (χ0) is 62.1. The fraction of sp³-hybridized carbons (Fsp3) is 0. The molecular weight excluding hydrogens is 1140 g/mol. The van der Waals surface area contributed by atoms with Crippen LogP contribution in [0, 0.1) is 0 Å². The van der Waals surface area contributed by atoms with Crippen molar-refractivity contribution in [1.29, 1.82) is 0 Å². The van der Waals surface area contributed by atoms with Gasteiger partial charge < -0.3 is 14.4 Å². The minimum atomic E-state index is -0.0274. The van der Waals surface area contributed by atoms with Gasteiger partial charge in [0.25, 0.3) is 6.71 Å². The molecule has 3 aromatic heterocycles. The number of aromatic nitrogens is 6. The highest BCUT2D eigenvalue weighted by molar-refractivity contribution is 7.00. The summed E-state index contributed by atoms with van der Waals surface area (Å²) in [6, 6.07) is 118. The Labute approximate surface area is 544 Å². The molecule has 2 aliphatic rings. The first-order valence-corrected chi connectivity index (χ1v) is 31.8. The lowest BCUT2D eigenvalue weighted by molar-refractivity contribution is 1.06. The number of anilines is 6. The highest BCUT2D eigenvalue weighted by Crippen LogP contribution is 2.48. The summed E-state index contributed by atoms with van der Waals surface area (Å²) in [6.45, 7) is -0.0274. The van der Waals surface area contributed by atoms with Crippen molar-refractivity contribution in [2.75, 3.05) is 9.80 Å². The maximum atomic E-state index is 5.61. The maximum Gasteiger partial charge on any atom is 0.252 e. The molecule has 0 N–H and O–H groups in total. The highest BCUT2D eigenvalue weighted by Gasteiger charge is 2.44. The molecule has 0 saturated carbocycles. The number of hydrogen-bond donors (Lipinski definition) is 0. The van der Waals surface area contributed by atoms with Gasteiger partial charge in [-0.05, 0) is 112 Å². The topological polar surface area (TPSA) is 75.9 Å². The Hall–Kier alpha value is -12.6. The molecule has 0 saturated heterocycles. The quantitative estimate of drug-likeness (QED) is 0.119. The fourth-order valence-electron chi connectivity index (χ4n) is 14.2. The second-order valence-electron chi connectivity index (χ2n) is 23.9. The van der Waals surface area contributed by atoms with E-state index in [0.717, 1.165) is 123 Å². The van der Waals surface area contributed by atoms with Gasteiger partial charge in [0.05, 0.1) is 33.8 Å². The van der Waals surface area contributed by atoms with Crippen LogP contribution in [0.3, 0.4) is 0 Å². The molecule has 0 spiro atoms. The molecule has 16 aromatic rings. The molecule has 0 unspecified atom stereocenters. The average Bonchev–Trinajstić information content (AvgIpc) is 0.835. The van der Waals surface area contributed by atoms with Crippen molar-refractivity contribution in [3.05, 3.63) is 334 Å². The molecule has 438 valence electrons. The Morgan fingerprint density at radius 1 is 0.245 bits per heavy atom. The summed E-state index contributed by atoms with van der Waals surface area (Å²) >= 11 is 0. The monoisotopic (exact) mass is 1200 g/mol. The van der Waals surface area contributed by atoms with E-state index in [9.17, 15) is 0 Å². The summed E-state index contributed by atoms with van der Waals surface area (Å²) in [5, 5.41) is 2.28. The van der Waals surface area contributed by atoms with Gasteiger partial charge in [0, 0.05) is 78.2 Å². The van der Waals surface area contributed by atoms with Crippen molar-refractivity contribution in [3.8, 4) is 96.0 Å². The molecule has 0 fully saturated rings. The lowest BCUT2D eigenvalue weighted by Gasteiger charge is -2.45. The van der Waals surface area contributed by atoms with E-state index in [-0.39, 0.29) is 6.71 Å². The minimum absolute atomic E-state index is 0.0274. The number of hydrogen-bond acceptors (Lipinski definition) is 7. The highest BCUT2D eigenvalue weighted by atomic mass is 15.2. The van der Waals surface area contributed by atoms with Crippen LogP contribution in [0.1, 0.15) is 0 Å². The summed E-state index contributed by atoms with van der Waals surface area (Å²) in [4.78, 5) is 32.0. The third-order valence-electron chi connectivity index (χ3n) is 18.5.